The van der Waals surface area contributed by atoms with Crippen molar-refractivity contribution in [3.05, 3.63) is 29.3 Å². The molecule has 0 spiro atoms. The average molecular weight is 465 g/mol. The molecule has 0 fully saturated rings. The number of aliphatic imine (C=N–C) groups is 1. The minimum atomic E-state index is -0.425. The summed E-state index contributed by atoms with van der Waals surface area (Å²) in [6, 6.07) is 5.33. The lowest BCUT2D eigenvalue weighted by Crippen LogP contribution is -2.45. The maximum Gasteiger partial charge on any atom is 0.341 e. The van der Waals surface area contributed by atoms with Crippen LogP contribution >= 0.6 is 24.0 Å². The monoisotopic (exact) mass is 465 g/mol. The van der Waals surface area contributed by atoms with Crippen LogP contribution in [0.25, 0.3) is 0 Å². The number of nitrogens with one attached hydrogen (secondary N) is 2. The first kappa shape index (κ1) is 23.4. The molecule has 0 aliphatic carbocycles. The first-order valence-electron chi connectivity index (χ1n) is 7.61. The normalized spacial score (nSPS) is 11.4. The Labute approximate surface area is 166 Å². The van der Waals surface area contributed by atoms with Gasteiger partial charge in [-0.2, -0.15) is 0 Å². The van der Waals surface area contributed by atoms with Gasteiger partial charge in [0.15, 0.2) is 5.96 Å². The third-order valence-corrected chi connectivity index (χ3v) is 3.59. The van der Waals surface area contributed by atoms with Gasteiger partial charge in [0.25, 0.3) is 0 Å². The fraction of sp³-hybridized carbons (Fsp3) is 0.529. The maximum atomic E-state index is 11.7. The number of carbonyl (C=O) groups is 1. The van der Waals surface area contributed by atoms with Crippen molar-refractivity contribution in [3.63, 3.8) is 0 Å². The molecule has 0 heterocycles. The number of benzene rings is 1. The summed E-state index contributed by atoms with van der Waals surface area (Å²) in [7, 11) is 6.24. The van der Waals surface area contributed by atoms with E-state index in [1.54, 1.807) is 26.3 Å². The molecule has 8 heteroatoms. The predicted octanol–water partition coefficient (Wildman–Crippen LogP) is 2.19. The van der Waals surface area contributed by atoms with Crippen LogP contribution in [0.3, 0.4) is 0 Å². The minimum Gasteiger partial charge on any atom is -0.496 e. The molecule has 0 aromatic heterocycles. The Morgan fingerprint density at radius 2 is 1.88 bits per heavy atom. The maximum absolute atomic E-state index is 11.7. The zero-order valence-corrected chi connectivity index (χ0v) is 18.0. The Morgan fingerprint density at radius 1 is 1.20 bits per heavy atom. The number of ether oxygens (including phenoxy) is 3. The van der Waals surface area contributed by atoms with Crippen LogP contribution in [0.15, 0.2) is 23.2 Å². The van der Waals surface area contributed by atoms with Crippen LogP contribution in [-0.2, 0) is 16.0 Å². The molecule has 0 atom stereocenters. The first-order valence-corrected chi connectivity index (χ1v) is 7.61. The molecule has 0 saturated heterocycles. The molecular formula is C17H28IN3O4. The second-order valence-corrected chi connectivity index (χ2v) is 5.77. The molecule has 1 rings (SSSR count). The SMILES string of the molecule is CN=C(NCc1ccc(C(=O)OC)c(OC)c1)NCC(C)(C)OC.I. The molecule has 0 radical (unpaired) electrons. The molecule has 0 aliphatic rings. The van der Waals surface area contributed by atoms with E-state index >= 15 is 0 Å². The fourth-order valence-corrected chi connectivity index (χ4v) is 1.90. The highest BCUT2D eigenvalue weighted by Crippen LogP contribution is 2.21. The topological polar surface area (TPSA) is 81.2 Å². The largest absolute Gasteiger partial charge is 0.496 e. The summed E-state index contributed by atoms with van der Waals surface area (Å²) in [6.45, 7) is 5.13. The quantitative estimate of drug-likeness (QED) is 0.278. The number of esters is 1. The van der Waals surface area contributed by atoms with Gasteiger partial charge in [0.2, 0.25) is 0 Å². The molecule has 7 nitrogen and oxygen atoms in total. The number of guanidine groups is 1. The van der Waals surface area contributed by atoms with Gasteiger partial charge in [0.05, 0.1) is 19.8 Å². The summed E-state index contributed by atoms with van der Waals surface area (Å²) in [5.41, 5.74) is 1.06. The molecule has 0 saturated carbocycles. The number of nitrogens with zero attached hydrogens (tertiary/aromatic N) is 1. The minimum absolute atomic E-state index is 0. The third-order valence-electron chi connectivity index (χ3n) is 3.59. The molecule has 0 aliphatic heterocycles. The van der Waals surface area contributed by atoms with Crippen LogP contribution in [-0.4, -0.2) is 52.5 Å². The standard InChI is InChI=1S/C17H27N3O4.HI/c1-17(2,24-6)11-20-16(18-3)19-10-12-7-8-13(15(21)23-5)14(9-12)22-4;/h7-9H,10-11H2,1-6H3,(H2,18,19,20);1H. The Morgan fingerprint density at radius 3 is 2.40 bits per heavy atom. The lowest BCUT2D eigenvalue weighted by atomic mass is 10.1. The highest BCUT2D eigenvalue weighted by molar-refractivity contribution is 14.0. The van der Waals surface area contributed by atoms with Crippen LogP contribution in [0, 0.1) is 0 Å². The van der Waals surface area contributed by atoms with E-state index in [9.17, 15) is 4.79 Å². The second kappa shape index (κ2) is 11.1. The number of hydrogen-bond donors (Lipinski definition) is 2. The Hall–Kier alpha value is -1.55. The molecule has 2 N–H and O–H groups in total. The number of rotatable bonds is 7. The number of methoxy groups -OCH3 is 3. The van der Waals surface area contributed by atoms with E-state index in [1.807, 2.05) is 19.9 Å². The van der Waals surface area contributed by atoms with E-state index < -0.39 is 5.97 Å². The lowest BCUT2D eigenvalue weighted by Gasteiger charge is -2.24. The van der Waals surface area contributed by atoms with E-state index in [0.717, 1.165) is 5.56 Å². The Balaban J connectivity index is 0.00000576. The van der Waals surface area contributed by atoms with E-state index in [0.29, 0.717) is 30.4 Å². The van der Waals surface area contributed by atoms with Crippen LogP contribution in [0.2, 0.25) is 0 Å². The summed E-state index contributed by atoms with van der Waals surface area (Å²) in [4.78, 5) is 15.8. The lowest BCUT2D eigenvalue weighted by molar-refractivity contribution is 0.0268. The molecule has 1 aromatic rings. The van der Waals surface area contributed by atoms with E-state index in [4.69, 9.17) is 14.2 Å². The third kappa shape index (κ3) is 7.47. The molecule has 142 valence electrons. The molecule has 1 aromatic carbocycles. The van der Waals surface area contributed by atoms with E-state index in [1.165, 1.54) is 14.2 Å². The van der Waals surface area contributed by atoms with Crippen LogP contribution in [0.1, 0.15) is 29.8 Å². The van der Waals surface area contributed by atoms with E-state index in [-0.39, 0.29) is 29.6 Å². The van der Waals surface area contributed by atoms with Crippen molar-refractivity contribution in [1.82, 2.24) is 10.6 Å². The van der Waals surface area contributed by atoms with Gasteiger partial charge >= 0.3 is 5.97 Å². The van der Waals surface area contributed by atoms with Crippen molar-refractivity contribution in [2.24, 2.45) is 4.99 Å². The predicted molar refractivity (Wildman–Crippen MR) is 109 cm³/mol. The van der Waals surface area contributed by atoms with Gasteiger partial charge in [0, 0.05) is 27.2 Å². The van der Waals surface area contributed by atoms with Gasteiger partial charge in [-0.1, -0.05) is 6.07 Å². The van der Waals surface area contributed by atoms with E-state index in [2.05, 4.69) is 15.6 Å². The van der Waals surface area contributed by atoms with Gasteiger partial charge < -0.3 is 24.8 Å². The Kier molecular flexibility index (Phi) is 10.4. The van der Waals surface area contributed by atoms with Crippen molar-refractivity contribution < 1.29 is 19.0 Å². The number of hydrogen-bond acceptors (Lipinski definition) is 5. The molecule has 25 heavy (non-hydrogen) atoms. The molecule has 0 unspecified atom stereocenters. The summed E-state index contributed by atoms with van der Waals surface area (Å²) >= 11 is 0. The van der Waals surface area contributed by atoms with Crippen molar-refractivity contribution >= 4 is 35.9 Å². The van der Waals surface area contributed by atoms with Crippen molar-refractivity contribution in [1.29, 1.82) is 0 Å². The van der Waals surface area contributed by atoms with Gasteiger partial charge in [-0.15, -0.1) is 24.0 Å². The highest BCUT2D eigenvalue weighted by Gasteiger charge is 2.17. The molecular weight excluding hydrogens is 437 g/mol. The van der Waals surface area contributed by atoms with Crippen LogP contribution < -0.4 is 15.4 Å². The van der Waals surface area contributed by atoms with Crippen molar-refractivity contribution in [3.8, 4) is 5.75 Å². The summed E-state index contributed by atoms with van der Waals surface area (Å²) in [5, 5.41) is 6.41. The average Bonchev–Trinajstić information content (AvgIpc) is 2.60. The zero-order valence-electron chi connectivity index (χ0n) is 15.6. The zero-order chi connectivity index (χ0) is 18.2. The summed E-state index contributed by atoms with van der Waals surface area (Å²) in [5.74, 6) is 0.714. The van der Waals surface area contributed by atoms with Crippen LogP contribution in [0.4, 0.5) is 0 Å². The molecule has 0 amide bonds. The Bertz CT molecular complexity index is 591. The molecule has 0 bridgehead atoms. The van der Waals surface area contributed by atoms with Gasteiger partial charge in [-0.3, -0.25) is 4.99 Å². The fourth-order valence-electron chi connectivity index (χ4n) is 1.90. The van der Waals surface area contributed by atoms with Gasteiger partial charge in [-0.25, -0.2) is 4.79 Å². The summed E-state index contributed by atoms with van der Waals surface area (Å²) < 4.78 is 15.4. The number of halogens is 1. The summed E-state index contributed by atoms with van der Waals surface area (Å²) in [6.07, 6.45) is 0. The van der Waals surface area contributed by atoms with Gasteiger partial charge in [-0.05, 0) is 31.5 Å². The first-order chi connectivity index (χ1) is 11.4. The second-order valence-electron chi connectivity index (χ2n) is 5.77. The van der Waals surface area contributed by atoms with Crippen molar-refractivity contribution in [2.75, 3.05) is 34.9 Å². The van der Waals surface area contributed by atoms with Crippen molar-refractivity contribution in [2.45, 2.75) is 26.0 Å². The highest BCUT2D eigenvalue weighted by atomic mass is 127. The smallest absolute Gasteiger partial charge is 0.341 e. The number of carbonyl (C=O) groups excluding carboxylic acids is 1. The van der Waals surface area contributed by atoms with Gasteiger partial charge in [0.1, 0.15) is 11.3 Å². The van der Waals surface area contributed by atoms with Crippen LogP contribution in [0.5, 0.6) is 5.75 Å².